The topological polar surface area (TPSA) is 61.9 Å². The van der Waals surface area contributed by atoms with Gasteiger partial charge in [0.1, 0.15) is 11.2 Å². The van der Waals surface area contributed by atoms with Gasteiger partial charge in [0.05, 0.1) is 12.6 Å². The number of hydrogen-bond donors (Lipinski definition) is 0. The van der Waals surface area contributed by atoms with Crippen LogP contribution in [-0.4, -0.2) is 27.4 Å². The van der Waals surface area contributed by atoms with Gasteiger partial charge < -0.3 is 9.47 Å². The summed E-state index contributed by atoms with van der Waals surface area (Å²) in [5.74, 6) is 0.683. The Morgan fingerprint density at radius 3 is 2.56 bits per heavy atom. The van der Waals surface area contributed by atoms with Crippen molar-refractivity contribution in [2.45, 2.75) is 33.2 Å². The number of nitrogens with zero attached hydrogens (tertiary/aromatic N) is 4. The Kier molecular flexibility index (Phi) is 4.49. The van der Waals surface area contributed by atoms with E-state index in [1.165, 1.54) is 0 Å². The second kappa shape index (κ2) is 5.67. The lowest BCUT2D eigenvalue weighted by Crippen LogP contribution is -2.40. The molecule has 0 saturated heterocycles. The molecule has 18 heavy (non-hydrogen) atoms. The van der Waals surface area contributed by atoms with Crippen molar-refractivity contribution in [3.8, 4) is 6.07 Å². The van der Waals surface area contributed by atoms with E-state index in [4.69, 9.17) is 0 Å². The summed E-state index contributed by atoms with van der Waals surface area (Å²) in [5.41, 5.74) is -0.903. The summed E-state index contributed by atoms with van der Waals surface area (Å²) in [6, 6.07) is 2.17. The average molecular weight is 248 g/mol. The van der Waals surface area contributed by atoms with E-state index in [-0.39, 0.29) is 5.91 Å². The van der Waals surface area contributed by atoms with E-state index in [1.807, 2.05) is 31.7 Å². The fourth-order valence-electron chi connectivity index (χ4n) is 1.96. The lowest BCUT2D eigenvalue weighted by Gasteiger charge is -2.28. The zero-order chi connectivity index (χ0) is 13.8. The van der Waals surface area contributed by atoms with Crippen molar-refractivity contribution in [1.29, 1.82) is 5.26 Å². The molecule has 0 radical (unpaired) electrons. The highest BCUT2D eigenvalue weighted by Crippen LogP contribution is 2.28. The number of aromatic nitrogens is 2. The molecule has 0 aliphatic rings. The Balaban J connectivity index is 2.85. The number of carbonyl (C=O) groups excluding carboxylic acids is 1. The third kappa shape index (κ3) is 2.53. The van der Waals surface area contributed by atoms with Gasteiger partial charge in [0.15, 0.2) is 0 Å². The first-order valence-electron chi connectivity index (χ1n) is 6.13. The normalized spacial score (nSPS) is 11.1. The standard InChI is InChI=1S/C13H20N4O/c1-5-13(6-2,10-14)12(18)17(4)9-11-15-7-8-16(11)3/h7-8H,5-6,9H2,1-4H3. The number of imidazole rings is 1. The number of rotatable bonds is 5. The summed E-state index contributed by atoms with van der Waals surface area (Å²) in [5, 5.41) is 9.26. The fourth-order valence-corrected chi connectivity index (χ4v) is 1.96. The first-order chi connectivity index (χ1) is 8.50. The maximum atomic E-state index is 12.4. The van der Waals surface area contributed by atoms with Crippen molar-refractivity contribution >= 4 is 5.91 Å². The first-order valence-corrected chi connectivity index (χ1v) is 6.13. The zero-order valence-corrected chi connectivity index (χ0v) is 11.5. The summed E-state index contributed by atoms with van der Waals surface area (Å²) in [4.78, 5) is 18.1. The molecule has 98 valence electrons. The van der Waals surface area contributed by atoms with Gasteiger partial charge in [0, 0.05) is 26.5 Å². The Morgan fingerprint density at radius 1 is 1.56 bits per heavy atom. The predicted molar refractivity (Wildman–Crippen MR) is 68.3 cm³/mol. The molecule has 5 nitrogen and oxygen atoms in total. The lowest BCUT2D eigenvalue weighted by atomic mass is 9.82. The Labute approximate surface area is 108 Å². The van der Waals surface area contributed by atoms with E-state index < -0.39 is 5.41 Å². The van der Waals surface area contributed by atoms with Crippen LogP contribution >= 0.6 is 0 Å². The van der Waals surface area contributed by atoms with Gasteiger partial charge in [0.25, 0.3) is 0 Å². The van der Waals surface area contributed by atoms with Gasteiger partial charge in [-0.25, -0.2) is 4.98 Å². The molecule has 0 aliphatic heterocycles. The minimum Gasteiger partial charge on any atom is -0.337 e. The fraction of sp³-hybridized carbons (Fsp3) is 0.615. The molecule has 1 heterocycles. The second-order valence-corrected chi connectivity index (χ2v) is 4.52. The SMILES string of the molecule is CCC(C#N)(CC)C(=O)N(C)Cc1nccn1C. The number of amides is 1. The largest absolute Gasteiger partial charge is 0.337 e. The van der Waals surface area contributed by atoms with E-state index in [0.29, 0.717) is 19.4 Å². The number of carbonyl (C=O) groups is 1. The third-order valence-electron chi connectivity index (χ3n) is 3.48. The van der Waals surface area contributed by atoms with Gasteiger partial charge in [0.2, 0.25) is 5.91 Å². The smallest absolute Gasteiger partial charge is 0.243 e. The minimum absolute atomic E-state index is 0.127. The molecule has 0 aliphatic carbocycles. The van der Waals surface area contributed by atoms with Gasteiger partial charge in [-0.15, -0.1) is 0 Å². The Hall–Kier alpha value is -1.83. The van der Waals surface area contributed by atoms with Gasteiger partial charge >= 0.3 is 0 Å². The molecule has 0 unspecified atom stereocenters. The van der Waals surface area contributed by atoms with Gasteiger partial charge in [-0.1, -0.05) is 13.8 Å². The summed E-state index contributed by atoms with van der Waals surface area (Å²) in [6.07, 6.45) is 4.60. The first kappa shape index (κ1) is 14.2. The van der Waals surface area contributed by atoms with Crippen LogP contribution in [0, 0.1) is 16.7 Å². The van der Waals surface area contributed by atoms with Crippen molar-refractivity contribution in [3.05, 3.63) is 18.2 Å². The third-order valence-corrected chi connectivity index (χ3v) is 3.48. The van der Waals surface area contributed by atoms with Crippen LogP contribution in [0.2, 0.25) is 0 Å². The molecule has 0 aromatic carbocycles. The Bertz CT molecular complexity index is 454. The summed E-state index contributed by atoms with van der Waals surface area (Å²) < 4.78 is 1.87. The minimum atomic E-state index is -0.903. The highest BCUT2D eigenvalue weighted by Gasteiger charge is 2.37. The zero-order valence-electron chi connectivity index (χ0n) is 11.5. The van der Waals surface area contributed by atoms with E-state index in [1.54, 1.807) is 18.1 Å². The van der Waals surface area contributed by atoms with Crippen molar-refractivity contribution in [2.75, 3.05) is 7.05 Å². The van der Waals surface area contributed by atoms with Crippen LogP contribution in [-0.2, 0) is 18.4 Å². The maximum absolute atomic E-state index is 12.4. The quantitative estimate of drug-likeness (QED) is 0.797. The molecule has 0 spiro atoms. The van der Waals surface area contributed by atoms with Gasteiger partial charge in [-0.2, -0.15) is 5.26 Å². The predicted octanol–water partition coefficient (Wildman–Crippen LogP) is 1.71. The van der Waals surface area contributed by atoms with Gasteiger partial charge in [-0.3, -0.25) is 4.79 Å². The van der Waals surface area contributed by atoms with Crippen LogP contribution < -0.4 is 0 Å². The van der Waals surface area contributed by atoms with Gasteiger partial charge in [-0.05, 0) is 12.8 Å². The molecule has 1 aromatic heterocycles. The van der Waals surface area contributed by atoms with E-state index >= 15 is 0 Å². The van der Waals surface area contributed by atoms with Crippen molar-refractivity contribution in [3.63, 3.8) is 0 Å². The highest BCUT2D eigenvalue weighted by molar-refractivity contribution is 5.85. The molecule has 0 atom stereocenters. The molecular weight excluding hydrogens is 228 g/mol. The molecule has 0 saturated carbocycles. The van der Waals surface area contributed by atoms with Crippen LogP contribution in [0.5, 0.6) is 0 Å². The monoisotopic (exact) mass is 248 g/mol. The van der Waals surface area contributed by atoms with Crippen LogP contribution in [0.15, 0.2) is 12.4 Å². The molecular formula is C13H20N4O. The van der Waals surface area contributed by atoms with Crippen molar-refractivity contribution in [1.82, 2.24) is 14.5 Å². The molecule has 0 N–H and O–H groups in total. The number of aryl methyl sites for hydroxylation is 1. The Morgan fingerprint density at radius 2 is 2.17 bits per heavy atom. The van der Waals surface area contributed by atoms with E-state index in [9.17, 15) is 10.1 Å². The number of nitriles is 1. The second-order valence-electron chi connectivity index (χ2n) is 4.52. The lowest BCUT2D eigenvalue weighted by molar-refractivity contribution is -0.138. The van der Waals surface area contributed by atoms with Crippen molar-refractivity contribution in [2.24, 2.45) is 12.5 Å². The molecule has 1 amide bonds. The van der Waals surface area contributed by atoms with Crippen LogP contribution in [0.1, 0.15) is 32.5 Å². The van der Waals surface area contributed by atoms with E-state index in [0.717, 1.165) is 5.82 Å². The summed E-state index contributed by atoms with van der Waals surface area (Å²) in [7, 11) is 3.60. The van der Waals surface area contributed by atoms with Crippen LogP contribution in [0.3, 0.4) is 0 Å². The maximum Gasteiger partial charge on any atom is 0.243 e. The van der Waals surface area contributed by atoms with Crippen LogP contribution in [0.4, 0.5) is 0 Å². The van der Waals surface area contributed by atoms with E-state index in [2.05, 4.69) is 11.1 Å². The molecule has 0 bridgehead atoms. The van der Waals surface area contributed by atoms with Crippen molar-refractivity contribution < 1.29 is 4.79 Å². The highest BCUT2D eigenvalue weighted by atomic mass is 16.2. The average Bonchev–Trinajstić information content (AvgIpc) is 2.77. The number of hydrogen-bond acceptors (Lipinski definition) is 3. The summed E-state index contributed by atoms with van der Waals surface area (Å²) in [6.45, 7) is 4.17. The summed E-state index contributed by atoms with van der Waals surface area (Å²) >= 11 is 0. The molecule has 1 aromatic rings. The molecule has 1 rings (SSSR count). The molecule has 5 heteroatoms. The molecule has 0 fully saturated rings. The van der Waals surface area contributed by atoms with Crippen LogP contribution in [0.25, 0.3) is 0 Å².